The predicted molar refractivity (Wildman–Crippen MR) is 122 cm³/mol. The van der Waals surface area contributed by atoms with E-state index in [-0.39, 0.29) is 5.91 Å². The van der Waals surface area contributed by atoms with Crippen molar-refractivity contribution in [1.82, 2.24) is 0 Å². The molecular weight excluding hydrogens is 441 g/mol. The average molecular weight is 460 g/mol. The van der Waals surface area contributed by atoms with Crippen molar-refractivity contribution in [2.45, 2.75) is 25.7 Å². The Hall–Kier alpha value is -2.34. The van der Waals surface area contributed by atoms with Gasteiger partial charge in [-0.05, 0) is 60.6 Å². The van der Waals surface area contributed by atoms with Crippen LogP contribution in [0.25, 0.3) is 11.1 Å². The van der Waals surface area contributed by atoms with E-state index in [0.717, 1.165) is 24.0 Å². The van der Waals surface area contributed by atoms with Gasteiger partial charge >= 0.3 is 5.97 Å². The zero-order chi connectivity index (χ0) is 21.3. The van der Waals surface area contributed by atoms with Gasteiger partial charge < -0.3 is 10.1 Å². The number of anilines is 1. The van der Waals surface area contributed by atoms with E-state index in [2.05, 4.69) is 17.4 Å². The van der Waals surface area contributed by atoms with Crippen LogP contribution in [0.2, 0.25) is 10.0 Å². The van der Waals surface area contributed by atoms with Gasteiger partial charge in [0.2, 0.25) is 0 Å². The van der Waals surface area contributed by atoms with Crippen molar-refractivity contribution < 1.29 is 14.3 Å². The fourth-order valence-electron chi connectivity index (χ4n) is 3.68. The molecule has 1 N–H and O–H groups in total. The van der Waals surface area contributed by atoms with Gasteiger partial charge in [-0.1, -0.05) is 41.4 Å². The van der Waals surface area contributed by atoms with Gasteiger partial charge in [0.15, 0.2) is 0 Å². The summed E-state index contributed by atoms with van der Waals surface area (Å²) in [6, 6.07) is 11.0. The largest absolute Gasteiger partial charge is 0.465 e. The molecule has 7 heteroatoms. The Morgan fingerprint density at radius 2 is 1.77 bits per heavy atom. The standard InChI is InChI=1S/C23H19Cl2NO3S/c1-29-23(28)20-17(15-7-6-13-4-2-3-5-14(13)10-15)12-30-22(20)26-21(27)16-8-9-18(24)19(25)11-16/h6-12H,2-5H2,1H3,(H,26,27). The number of thiophene rings is 1. The normalized spacial score (nSPS) is 12.9. The minimum atomic E-state index is -0.492. The first-order chi connectivity index (χ1) is 14.5. The molecule has 0 atom stereocenters. The molecule has 2 aromatic carbocycles. The van der Waals surface area contributed by atoms with Crippen LogP contribution in [-0.4, -0.2) is 19.0 Å². The number of carbonyl (C=O) groups is 2. The Labute approximate surface area is 188 Å². The SMILES string of the molecule is COC(=O)c1c(-c2ccc3c(c2)CCCC3)csc1NC(=O)c1ccc(Cl)c(Cl)c1. The number of hydrogen-bond donors (Lipinski definition) is 1. The second-order valence-corrected chi connectivity index (χ2v) is 8.81. The molecule has 1 aliphatic carbocycles. The van der Waals surface area contributed by atoms with Gasteiger partial charge in [0, 0.05) is 16.5 Å². The van der Waals surface area contributed by atoms with Crippen LogP contribution in [0.5, 0.6) is 0 Å². The van der Waals surface area contributed by atoms with Gasteiger partial charge in [0.25, 0.3) is 5.91 Å². The lowest BCUT2D eigenvalue weighted by atomic mass is 9.89. The lowest BCUT2D eigenvalue weighted by Crippen LogP contribution is -2.14. The summed E-state index contributed by atoms with van der Waals surface area (Å²) in [4.78, 5) is 25.3. The monoisotopic (exact) mass is 459 g/mol. The second kappa shape index (κ2) is 8.80. The number of amides is 1. The highest BCUT2D eigenvalue weighted by Crippen LogP contribution is 2.38. The Morgan fingerprint density at radius 3 is 2.50 bits per heavy atom. The van der Waals surface area contributed by atoms with E-state index in [9.17, 15) is 9.59 Å². The van der Waals surface area contributed by atoms with E-state index < -0.39 is 5.97 Å². The summed E-state index contributed by atoms with van der Waals surface area (Å²) in [5.74, 6) is -0.869. The molecule has 0 spiro atoms. The number of ether oxygens (including phenoxy) is 1. The number of esters is 1. The Balaban J connectivity index is 1.69. The minimum Gasteiger partial charge on any atom is -0.465 e. The molecule has 154 valence electrons. The summed E-state index contributed by atoms with van der Waals surface area (Å²) < 4.78 is 5.01. The molecule has 1 heterocycles. The maximum Gasteiger partial charge on any atom is 0.341 e. The number of hydrogen-bond acceptors (Lipinski definition) is 4. The molecule has 1 amide bonds. The zero-order valence-corrected chi connectivity index (χ0v) is 18.6. The highest BCUT2D eigenvalue weighted by Gasteiger charge is 2.23. The number of methoxy groups -OCH3 is 1. The van der Waals surface area contributed by atoms with E-state index in [1.54, 1.807) is 12.1 Å². The number of benzene rings is 2. The van der Waals surface area contributed by atoms with Gasteiger partial charge in [0.1, 0.15) is 10.6 Å². The summed E-state index contributed by atoms with van der Waals surface area (Å²) in [7, 11) is 1.33. The van der Waals surface area contributed by atoms with Crippen molar-refractivity contribution in [3.05, 3.63) is 74.1 Å². The molecule has 0 unspecified atom stereocenters. The van der Waals surface area contributed by atoms with Crippen molar-refractivity contribution in [3.8, 4) is 11.1 Å². The lowest BCUT2D eigenvalue weighted by molar-refractivity contribution is 0.0603. The number of aryl methyl sites for hydroxylation is 2. The van der Waals surface area contributed by atoms with Crippen LogP contribution in [0, 0.1) is 0 Å². The average Bonchev–Trinajstić information content (AvgIpc) is 3.18. The van der Waals surface area contributed by atoms with Crippen molar-refractivity contribution >= 4 is 51.4 Å². The van der Waals surface area contributed by atoms with E-state index in [1.165, 1.54) is 48.5 Å². The Bertz CT molecular complexity index is 1140. The molecule has 0 aliphatic heterocycles. The smallest absolute Gasteiger partial charge is 0.341 e. The summed E-state index contributed by atoms with van der Waals surface area (Å²) >= 11 is 13.2. The van der Waals surface area contributed by atoms with Crippen molar-refractivity contribution in [1.29, 1.82) is 0 Å². The number of fused-ring (bicyclic) bond motifs is 1. The van der Waals surface area contributed by atoms with Crippen molar-refractivity contribution in [2.24, 2.45) is 0 Å². The van der Waals surface area contributed by atoms with Crippen molar-refractivity contribution in [3.63, 3.8) is 0 Å². The first kappa shape index (κ1) is 20.9. The second-order valence-electron chi connectivity index (χ2n) is 7.12. The quantitative estimate of drug-likeness (QED) is 0.444. The number of carbonyl (C=O) groups excluding carboxylic acids is 2. The van der Waals surface area contributed by atoms with Crippen LogP contribution < -0.4 is 5.32 Å². The van der Waals surface area contributed by atoms with Crippen LogP contribution in [0.4, 0.5) is 5.00 Å². The van der Waals surface area contributed by atoms with E-state index in [1.807, 2.05) is 11.4 Å². The highest BCUT2D eigenvalue weighted by atomic mass is 35.5. The zero-order valence-electron chi connectivity index (χ0n) is 16.3. The van der Waals surface area contributed by atoms with E-state index in [4.69, 9.17) is 27.9 Å². The first-order valence-corrected chi connectivity index (χ1v) is 11.2. The number of halogens is 2. The van der Waals surface area contributed by atoms with Crippen LogP contribution in [0.15, 0.2) is 41.8 Å². The van der Waals surface area contributed by atoms with E-state index >= 15 is 0 Å². The number of nitrogens with one attached hydrogen (secondary N) is 1. The third-order valence-electron chi connectivity index (χ3n) is 5.25. The van der Waals surface area contributed by atoms with Crippen LogP contribution in [0.3, 0.4) is 0 Å². The minimum absolute atomic E-state index is 0.290. The van der Waals surface area contributed by atoms with Crippen LogP contribution >= 0.6 is 34.5 Å². The molecule has 0 saturated carbocycles. The number of rotatable bonds is 4. The summed E-state index contributed by atoms with van der Waals surface area (Å²) in [6.07, 6.45) is 4.52. The predicted octanol–water partition coefficient (Wildman–Crippen LogP) is 6.64. The van der Waals surface area contributed by atoms with Gasteiger partial charge in [-0.25, -0.2) is 4.79 Å². The molecule has 4 rings (SSSR count). The molecule has 1 aromatic heterocycles. The first-order valence-electron chi connectivity index (χ1n) is 9.56. The highest BCUT2D eigenvalue weighted by molar-refractivity contribution is 7.15. The van der Waals surface area contributed by atoms with Gasteiger partial charge in [0.05, 0.1) is 17.2 Å². The molecule has 1 aliphatic rings. The lowest BCUT2D eigenvalue weighted by Gasteiger charge is -2.16. The molecule has 30 heavy (non-hydrogen) atoms. The third-order valence-corrected chi connectivity index (χ3v) is 6.88. The van der Waals surface area contributed by atoms with Crippen LogP contribution in [-0.2, 0) is 17.6 Å². The third kappa shape index (κ3) is 4.10. The molecule has 0 saturated heterocycles. The van der Waals surface area contributed by atoms with Gasteiger partial charge in [-0.2, -0.15) is 0 Å². The molecule has 4 nitrogen and oxygen atoms in total. The topological polar surface area (TPSA) is 55.4 Å². The fourth-order valence-corrected chi connectivity index (χ4v) is 4.93. The van der Waals surface area contributed by atoms with E-state index in [0.29, 0.717) is 26.2 Å². The molecule has 0 fully saturated rings. The summed E-state index contributed by atoms with van der Waals surface area (Å²) in [5.41, 5.74) is 5.10. The van der Waals surface area contributed by atoms with Crippen molar-refractivity contribution in [2.75, 3.05) is 12.4 Å². The van der Waals surface area contributed by atoms with Gasteiger partial charge in [-0.15, -0.1) is 11.3 Å². The Morgan fingerprint density at radius 1 is 1.00 bits per heavy atom. The van der Waals surface area contributed by atoms with Crippen LogP contribution in [0.1, 0.15) is 44.7 Å². The Kier molecular flexibility index (Phi) is 6.14. The fraction of sp³-hybridized carbons (Fsp3) is 0.217. The summed E-state index contributed by atoms with van der Waals surface area (Å²) in [6.45, 7) is 0. The molecular formula is C23H19Cl2NO3S. The molecule has 3 aromatic rings. The molecule has 0 radical (unpaired) electrons. The van der Waals surface area contributed by atoms with Gasteiger partial charge in [-0.3, -0.25) is 4.79 Å². The maximum absolute atomic E-state index is 12.7. The maximum atomic E-state index is 12.7. The summed E-state index contributed by atoms with van der Waals surface area (Å²) in [5, 5.41) is 5.79. The molecule has 0 bridgehead atoms.